The van der Waals surface area contributed by atoms with Gasteiger partial charge in [-0.25, -0.2) is 0 Å². The third kappa shape index (κ3) is 4.34. The summed E-state index contributed by atoms with van der Waals surface area (Å²) in [5.41, 5.74) is 2.33. The highest BCUT2D eigenvalue weighted by Crippen LogP contribution is 2.23. The third-order valence-electron chi connectivity index (χ3n) is 2.68. The minimum absolute atomic E-state index is 0.570. The molecular formula is C15H15Br2NO. The molecule has 0 saturated heterocycles. The Balaban J connectivity index is 2.05. The van der Waals surface area contributed by atoms with Crippen LogP contribution in [0.2, 0.25) is 0 Å². The Morgan fingerprint density at radius 3 is 2.68 bits per heavy atom. The van der Waals surface area contributed by atoms with Gasteiger partial charge in [0.25, 0.3) is 0 Å². The predicted octanol–water partition coefficient (Wildman–Crippen LogP) is 4.51. The topological polar surface area (TPSA) is 21.3 Å². The smallest absolute Gasteiger partial charge is 0.120 e. The van der Waals surface area contributed by atoms with Crippen LogP contribution in [0.1, 0.15) is 11.1 Å². The van der Waals surface area contributed by atoms with Crippen molar-refractivity contribution in [2.24, 2.45) is 0 Å². The summed E-state index contributed by atoms with van der Waals surface area (Å²) in [5.74, 6) is 0.883. The van der Waals surface area contributed by atoms with Crippen molar-refractivity contribution < 1.29 is 4.74 Å². The molecule has 4 heteroatoms. The number of hydrogen-bond donors (Lipinski definition) is 1. The maximum Gasteiger partial charge on any atom is 0.120 e. The van der Waals surface area contributed by atoms with Crippen LogP contribution in [-0.2, 0) is 13.2 Å². The second kappa shape index (κ2) is 7.08. The van der Waals surface area contributed by atoms with Gasteiger partial charge in [-0.2, -0.15) is 0 Å². The second-order valence-electron chi connectivity index (χ2n) is 4.20. The number of ether oxygens (including phenoxy) is 1. The largest absolute Gasteiger partial charge is 0.489 e. The fraction of sp³-hybridized carbons (Fsp3) is 0.200. The van der Waals surface area contributed by atoms with Gasteiger partial charge in [-0.3, -0.25) is 0 Å². The Morgan fingerprint density at radius 1 is 1.11 bits per heavy atom. The summed E-state index contributed by atoms with van der Waals surface area (Å²) in [7, 11) is 1.93. The van der Waals surface area contributed by atoms with E-state index in [1.165, 1.54) is 5.56 Å². The maximum atomic E-state index is 5.82. The molecule has 0 saturated carbocycles. The van der Waals surface area contributed by atoms with E-state index in [-0.39, 0.29) is 0 Å². The summed E-state index contributed by atoms with van der Waals surface area (Å²) in [6.07, 6.45) is 0. The van der Waals surface area contributed by atoms with Gasteiger partial charge in [-0.05, 0) is 48.5 Å². The van der Waals surface area contributed by atoms with Crippen LogP contribution in [0.3, 0.4) is 0 Å². The van der Waals surface area contributed by atoms with Gasteiger partial charge in [0.05, 0.1) is 0 Å². The van der Waals surface area contributed by atoms with Crippen LogP contribution in [0.25, 0.3) is 0 Å². The molecule has 0 fully saturated rings. The normalized spacial score (nSPS) is 10.5. The average Bonchev–Trinajstić information content (AvgIpc) is 2.40. The number of benzene rings is 2. The van der Waals surface area contributed by atoms with Crippen LogP contribution < -0.4 is 10.1 Å². The Labute approximate surface area is 130 Å². The Hall–Kier alpha value is -0.840. The molecule has 100 valence electrons. The van der Waals surface area contributed by atoms with Crippen molar-refractivity contribution >= 4 is 31.9 Å². The average molecular weight is 385 g/mol. The lowest BCUT2D eigenvalue weighted by molar-refractivity contribution is 0.305. The van der Waals surface area contributed by atoms with Crippen LogP contribution in [0, 0.1) is 0 Å². The molecule has 0 aromatic heterocycles. The summed E-state index contributed by atoms with van der Waals surface area (Å²) in [4.78, 5) is 0. The monoisotopic (exact) mass is 383 g/mol. The van der Waals surface area contributed by atoms with E-state index in [0.29, 0.717) is 6.61 Å². The fourth-order valence-corrected chi connectivity index (χ4v) is 2.59. The SMILES string of the molecule is CNCc1cc(OCc2cccc(Br)c2)ccc1Br. The van der Waals surface area contributed by atoms with Gasteiger partial charge in [0.2, 0.25) is 0 Å². The van der Waals surface area contributed by atoms with E-state index in [9.17, 15) is 0 Å². The molecule has 0 aliphatic rings. The molecular weight excluding hydrogens is 370 g/mol. The van der Waals surface area contributed by atoms with Crippen molar-refractivity contribution in [3.8, 4) is 5.75 Å². The summed E-state index contributed by atoms with van der Waals surface area (Å²) >= 11 is 7.00. The molecule has 2 aromatic carbocycles. The molecule has 0 spiro atoms. The van der Waals surface area contributed by atoms with Crippen LogP contribution in [-0.4, -0.2) is 7.05 Å². The van der Waals surface area contributed by atoms with Crippen LogP contribution in [0.4, 0.5) is 0 Å². The summed E-state index contributed by atoms with van der Waals surface area (Å²) in [6, 6.07) is 14.2. The number of halogens is 2. The van der Waals surface area contributed by atoms with Crippen LogP contribution in [0.5, 0.6) is 5.75 Å². The molecule has 0 aliphatic heterocycles. The Bertz CT molecular complexity index is 558. The van der Waals surface area contributed by atoms with Crippen molar-refractivity contribution in [1.82, 2.24) is 5.32 Å². The Kier molecular flexibility index (Phi) is 5.43. The highest BCUT2D eigenvalue weighted by Gasteiger charge is 2.02. The van der Waals surface area contributed by atoms with Crippen LogP contribution in [0.15, 0.2) is 51.4 Å². The van der Waals surface area contributed by atoms with Crippen LogP contribution >= 0.6 is 31.9 Å². The van der Waals surface area contributed by atoms with E-state index in [4.69, 9.17) is 4.74 Å². The molecule has 0 heterocycles. The highest BCUT2D eigenvalue weighted by atomic mass is 79.9. The predicted molar refractivity (Wildman–Crippen MR) is 85.4 cm³/mol. The minimum atomic E-state index is 0.570. The van der Waals surface area contributed by atoms with Crippen molar-refractivity contribution in [2.75, 3.05) is 7.05 Å². The molecule has 0 aliphatic carbocycles. The summed E-state index contributed by atoms with van der Waals surface area (Å²) in [5, 5.41) is 3.14. The second-order valence-corrected chi connectivity index (χ2v) is 5.97. The van der Waals surface area contributed by atoms with Gasteiger partial charge in [0.15, 0.2) is 0 Å². The van der Waals surface area contributed by atoms with Crippen molar-refractivity contribution in [3.63, 3.8) is 0 Å². The molecule has 2 nitrogen and oxygen atoms in total. The lowest BCUT2D eigenvalue weighted by Gasteiger charge is -2.10. The minimum Gasteiger partial charge on any atom is -0.489 e. The van der Waals surface area contributed by atoms with Crippen molar-refractivity contribution in [3.05, 3.63) is 62.5 Å². The molecule has 19 heavy (non-hydrogen) atoms. The number of hydrogen-bond acceptors (Lipinski definition) is 2. The van der Waals surface area contributed by atoms with Gasteiger partial charge in [0, 0.05) is 15.5 Å². The first kappa shape index (κ1) is 14.6. The fourth-order valence-electron chi connectivity index (χ4n) is 1.76. The van der Waals surface area contributed by atoms with Crippen molar-refractivity contribution in [2.45, 2.75) is 13.2 Å². The maximum absolute atomic E-state index is 5.82. The zero-order chi connectivity index (χ0) is 13.7. The third-order valence-corrected chi connectivity index (χ3v) is 3.95. The summed E-state index contributed by atoms with van der Waals surface area (Å²) in [6.45, 7) is 1.38. The zero-order valence-corrected chi connectivity index (χ0v) is 13.8. The molecule has 0 bridgehead atoms. The van der Waals surface area contributed by atoms with E-state index in [0.717, 1.165) is 26.8 Å². The quantitative estimate of drug-likeness (QED) is 0.818. The molecule has 2 aromatic rings. The van der Waals surface area contributed by atoms with Gasteiger partial charge in [-0.1, -0.05) is 44.0 Å². The van der Waals surface area contributed by atoms with Gasteiger partial charge >= 0.3 is 0 Å². The number of nitrogens with one attached hydrogen (secondary N) is 1. The standard InChI is InChI=1S/C15H15Br2NO/c1-18-9-12-8-14(5-6-15(12)17)19-10-11-3-2-4-13(16)7-11/h2-8,18H,9-10H2,1H3. The van der Waals surface area contributed by atoms with Gasteiger partial charge < -0.3 is 10.1 Å². The number of rotatable bonds is 5. The Morgan fingerprint density at radius 2 is 1.95 bits per heavy atom. The lowest BCUT2D eigenvalue weighted by Crippen LogP contribution is -2.06. The van der Waals surface area contributed by atoms with Crippen molar-refractivity contribution in [1.29, 1.82) is 0 Å². The zero-order valence-electron chi connectivity index (χ0n) is 10.6. The molecule has 0 radical (unpaired) electrons. The lowest BCUT2D eigenvalue weighted by atomic mass is 10.2. The van der Waals surface area contributed by atoms with E-state index < -0.39 is 0 Å². The van der Waals surface area contributed by atoms with E-state index in [1.54, 1.807) is 0 Å². The van der Waals surface area contributed by atoms with Gasteiger partial charge in [-0.15, -0.1) is 0 Å². The highest BCUT2D eigenvalue weighted by molar-refractivity contribution is 9.10. The van der Waals surface area contributed by atoms with E-state index in [2.05, 4.69) is 55.4 Å². The molecule has 0 unspecified atom stereocenters. The van der Waals surface area contributed by atoms with E-state index >= 15 is 0 Å². The van der Waals surface area contributed by atoms with Gasteiger partial charge in [0.1, 0.15) is 12.4 Å². The molecule has 1 N–H and O–H groups in total. The molecule has 0 amide bonds. The first-order chi connectivity index (χ1) is 9.19. The van der Waals surface area contributed by atoms with E-state index in [1.807, 2.05) is 31.3 Å². The molecule has 2 rings (SSSR count). The first-order valence-electron chi connectivity index (χ1n) is 5.99. The molecule has 0 atom stereocenters. The first-order valence-corrected chi connectivity index (χ1v) is 7.58. The summed E-state index contributed by atoms with van der Waals surface area (Å²) < 4.78 is 7.98.